The number of aliphatic hydroxyl groups excluding tert-OH is 1. The maximum Gasteiger partial charge on any atom is 0.411 e. The van der Waals surface area contributed by atoms with Crippen LogP contribution in [0.5, 0.6) is 0 Å². The predicted molar refractivity (Wildman–Crippen MR) is 88.2 cm³/mol. The van der Waals surface area contributed by atoms with Crippen molar-refractivity contribution in [2.24, 2.45) is 0 Å². The minimum Gasteiger partial charge on any atom is -0.511 e. The van der Waals surface area contributed by atoms with Crippen molar-refractivity contribution >= 4 is 17.7 Å². The molecule has 0 spiro atoms. The first kappa shape index (κ1) is 15.4. The summed E-state index contributed by atoms with van der Waals surface area (Å²) in [5.74, 6) is 0.145. The van der Waals surface area contributed by atoms with Gasteiger partial charge in [-0.3, -0.25) is 4.90 Å². The molecule has 1 aliphatic heterocycles. The highest BCUT2D eigenvalue weighted by Gasteiger charge is 2.31. The number of rotatable bonds is 3. The van der Waals surface area contributed by atoms with Crippen LogP contribution in [-0.2, 0) is 11.3 Å². The van der Waals surface area contributed by atoms with E-state index in [0.29, 0.717) is 5.02 Å². The molecule has 0 fully saturated rings. The van der Waals surface area contributed by atoms with Crippen LogP contribution >= 0.6 is 11.6 Å². The van der Waals surface area contributed by atoms with Crippen molar-refractivity contribution in [2.45, 2.75) is 12.6 Å². The summed E-state index contributed by atoms with van der Waals surface area (Å²) in [6.07, 6.45) is 1.16. The van der Waals surface area contributed by atoms with E-state index in [2.05, 4.69) is 0 Å². The highest BCUT2D eigenvalue weighted by molar-refractivity contribution is 6.30. The number of carbonyl (C=O) groups is 1. The lowest BCUT2D eigenvalue weighted by Gasteiger charge is -2.24. The van der Waals surface area contributed by atoms with Crippen LogP contribution in [0, 0.1) is 0 Å². The Balaban J connectivity index is 1.72. The highest BCUT2D eigenvalue weighted by atomic mass is 35.5. The van der Waals surface area contributed by atoms with Gasteiger partial charge in [-0.1, -0.05) is 54.1 Å². The molecular formula is C18H16ClNO3. The smallest absolute Gasteiger partial charge is 0.411 e. The molecule has 0 aliphatic carbocycles. The van der Waals surface area contributed by atoms with Crippen LogP contribution in [0.4, 0.5) is 4.79 Å². The molecule has 118 valence electrons. The molecule has 1 heterocycles. The number of ether oxygens (including phenoxy) is 1. The van der Waals surface area contributed by atoms with Crippen LogP contribution < -0.4 is 0 Å². The van der Waals surface area contributed by atoms with E-state index in [1.807, 2.05) is 42.5 Å². The van der Waals surface area contributed by atoms with Crippen molar-refractivity contribution in [1.29, 1.82) is 0 Å². The molecule has 1 amide bonds. The van der Waals surface area contributed by atoms with Crippen molar-refractivity contribution < 1.29 is 14.6 Å². The Labute approximate surface area is 139 Å². The van der Waals surface area contributed by atoms with Gasteiger partial charge in [-0.2, -0.15) is 0 Å². The Morgan fingerprint density at radius 2 is 2.00 bits per heavy atom. The van der Waals surface area contributed by atoms with Gasteiger partial charge < -0.3 is 9.84 Å². The second-order valence-corrected chi connectivity index (χ2v) is 5.76. The summed E-state index contributed by atoms with van der Waals surface area (Å²) < 4.78 is 5.35. The summed E-state index contributed by atoms with van der Waals surface area (Å²) in [6, 6.07) is 16.3. The summed E-state index contributed by atoms with van der Waals surface area (Å²) in [5.41, 5.74) is 1.75. The molecule has 0 radical (unpaired) electrons. The van der Waals surface area contributed by atoms with E-state index >= 15 is 0 Å². The molecular weight excluding hydrogens is 314 g/mol. The zero-order valence-electron chi connectivity index (χ0n) is 12.4. The van der Waals surface area contributed by atoms with Gasteiger partial charge in [0.15, 0.2) is 0 Å². The molecule has 2 aromatic rings. The molecule has 0 aromatic heterocycles. The average Bonchev–Trinajstić information content (AvgIpc) is 2.96. The normalized spacial score (nSPS) is 17.0. The molecule has 3 rings (SSSR count). The number of benzene rings is 2. The topological polar surface area (TPSA) is 49.8 Å². The fraction of sp³-hybridized carbons (Fsp3) is 0.167. The first-order chi connectivity index (χ1) is 11.1. The third kappa shape index (κ3) is 3.66. The predicted octanol–water partition coefficient (Wildman–Crippen LogP) is 4.48. The lowest BCUT2D eigenvalue weighted by Crippen LogP contribution is -2.32. The highest BCUT2D eigenvalue weighted by Crippen LogP contribution is 2.31. The molecule has 0 saturated carbocycles. The number of hydrogen-bond acceptors (Lipinski definition) is 3. The molecule has 0 bridgehead atoms. The van der Waals surface area contributed by atoms with E-state index in [0.717, 1.165) is 11.1 Å². The minimum absolute atomic E-state index is 0.130. The molecule has 1 atom stereocenters. The summed E-state index contributed by atoms with van der Waals surface area (Å²) in [5, 5.41) is 10.4. The van der Waals surface area contributed by atoms with Crippen molar-refractivity contribution in [3.8, 4) is 0 Å². The number of carbonyl (C=O) groups excluding carboxylic acids is 1. The van der Waals surface area contributed by atoms with Crippen molar-refractivity contribution in [1.82, 2.24) is 4.90 Å². The van der Waals surface area contributed by atoms with Gasteiger partial charge in [0, 0.05) is 5.02 Å². The fourth-order valence-corrected chi connectivity index (χ4v) is 2.74. The van der Waals surface area contributed by atoms with Crippen LogP contribution in [0.3, 0.4) is 0 Å². The third-order valence-corrected chi connectivity index (χ3v) is 3.88. The van der Waals surface area contributed by atoms with Gasteiger partial charge in [0.05, 0.1) is 12.6 Å². The van der Waals surface area contributed by atoms with Gasteiger partial charge in [0.2, 0.25) is 0 Å². The number of nitrogens with zero attached hydrogens (tertiary/aromatic N) is 1. The Hall–Kier alpha value is -2.46. The Bertz CT molecular complexity index is 730. The van der Waals surface area contributed by atoms with E-state index in [1.54, 1.807) is 18.2 Å². The van der Waals surface area contributed by atoms with Gasteiger partial charge in [-0.25, -0.2) is 4.79 Å². The van der Waals surface area contributed by atoms with E-state index < -0.39 is 6.09 Å². The summed E-state index contributed by atoms with van der Waals surface area (Å²) in [4.78, 5) is 13.8. The van der Waals surface area contributed by atoms with Gasteiger partial charge in [-0.15, -0.1) is 0 Å². The number of hydrogen-bond donors (Lipinski definition) is 1. The average molecular weight is 330 g/mol. The molecule has 2 aromatic carbocycles. The van der Waals surface area contributed by atoms with Gasteiger partial charge >= 0.3 is 6.09 Å². The maximum absolute atomic E-state index is 12.4. The Morgan fingerprint density at radius 3 is 2.74 bits per heavy atom. The summed E-state index contributed by atoms with van der Waals surface area (Å²) in [7, 11) is 0. The van der Waals surface area contributed by atoms with Crippen LogP contribution in [0.2, 0.25) is 5.02 Å². The zero-order valence-corrected chi connectivity index (χ0v) is 13.1. The number of aliphatic hydroxyl groups is 1. The molecule has 1 N–H and O–H groups in total. The zero-order chi connectivity index (χ0) is 16.2. The van der Waals surface area contributed by atoms with E-state index in [4.69, 9.17) is 16.3 Å². The number of halogens is 1. The largest absolute Gasteiger partial charge is 0.511 e. The molecule has 23 heavy (non-hydrogen) atoms. The lowest BCUT2D eigenvalue weighted by atomic mass is 10.1. The summed E-state index contributed by atoms with van der Waals surface area (Å²) >= 11 is 6.01. The van der Waals surface area contributed by atoms with E-state index in [-0.39, 0.29) is 25.0 Å². The molecule has 0 saturated heterocycles. The van der Waals surface area contributed by atoms with Crippen molar-refractivity contribution in [2.75, 3.05) is 6.54 Å². The maximum atomic E-state index is 12.4. The van der Waals surface area contributed by atoms with Crippen molar-refractivity contribution in [3.05, 3.63) is 82.6 Å². The Morgan fingerprint density at radius 1 is 1.22 bits per heavy atom. The standard InChI is InChI=1S/C18H16ClNO3/c19-15-8-4-7-14(9-15)17-10-16(21)11-20(17)18(22)23-12-13-5-2-1-3-6-13/h1-10,17,21H,11-12H2. The molecule has 1 aliphatic rings. The van der Waals surface area contributed by atoms with Gasteiger partial charge in [0.1, 0.15) is 12.4 Å². The van der Waals surface area contributed by atoms with Crippen LogP contribution in [0.1, 0.15) is 17.2 Å². The molecule has 5 heteroatoms. The Kier molecular flexibility index (Phi) is 4.53. The second kappa shape index (κ2) is 6.75. The second-order valence-electron chi connectivity index (χ2n) is 5.33. The van der Waals surface area contributed by atoms with Crippen LogP contribution in [0.25, 0.3) is 0 Å². The van der Waals surface area contributed by atoms with Crippen LogP contribution in [-0.4, -0.2) is 22.6 Å². The molecule has 1 unspecified atom stereocenters. The van der Waals surface area contributed by atoms with E-state index in [9.17, 15) is 9.90 Å². The quantitative estimate of drug-likeness (QED) is 0.903. The third-order valence-electron chi connectivity index (χ3n) is 3.65. The number of amides is 1. The van der Waals surface area contributed by atoms with Crippen molar-refractivity contribution in [3.63, 3.8) is 0 Å². The summed E-state index contributed by atoms with van der Waals surface area (Å²) in [6.45, 7) is 0.323. The van der Waals surface area contributed by atoms with Gasteiger partial charge in [-0.05, 0) is 29.3 Å². The lowest BCUT2D eigenvalue weighted by molar-refractivity contribution is 0.0924. The van der Waals surface area contributed by atoms with Crippen LogP contribution in [0.15, 0.2) is 66.4 Å². The first-order valence-corrected chi connectivity index (χ1v) is 7.64. The minimum atomic E-state index is -0.473. The molecule has 4 nitrogen and oxygen atoms in total. The fourth-order valence-electron chi connectivity index (χ4n) is 2.54. The monoisotopic (exact) mass is 329 g/mol. The van der Waals surface area contributed by atoms with E-state index in [1.165, 1.54) is 4.90 Å². The first-order valence-electron chi connectivity index (χ1n) is 7.26. The SMILES string of the molecule is O=C(OCc1ccccc1)N1CC(O)=CC1c1cccc(Cl)c1. The van der Waals surface area contributed by atoms with Gasteiger partial charge in [0.25, 0.3) is 0 Å².